The number of benzene rings is 1. The third kappa shape index (κ3) is 2.02. The first kappa shape index (κ1) is 12.2. The predicted molar refractivity (Wildman–Crippen MR) is 76.3 cm³/mol. The molecule has 0 saturated heterocycles. The number of carbonyl (C=O) groups is 1. The van der Waals surface area contributed by atoms with Gasteiger partial charge in [-0.05, 0) is 49.1 Å². The van der Waals surface area contributed by atoms with Crippen LogP contribution in [0.3, 0.4) is 0 Å². The lowest BCUT2D eigenvalue weighted by Crippen LogP contribution is -2.36. The van der Waals surface area contributed by atoms with E-state index in [4.69, 9.17) is 5.73 Å². The molecule has 4 N–H and O–H groups in total. The molecule has 3 rings (SSSR count). The summed E-state index contributed by atoms with van der Waals surface area (Å²) >= 11 is 0. The highest BCUT2D eigenvalue weighted by Gasteiger charge is 2.24. The molecule has 4 heteroatoms. The first-order chi connectivity index (χ1) is 9.20. The zero-order valence-electron chi connectivity index (χ0n) is 11.1. The van der Waals surface area contributed by atoms with E-state index >= 15 is 0 Å². The largest absolute Gasteiger partial charge is 0.366 e. The van der Waals surface area contributed by atoms with Crippen molar-refractivity contribution in [3.05, 3.63) is 35.0 Å². The smallest absolute Gasteiger partial charge is 0.249 e. The molecule has 19 heavy (non-hydrogen) atoms. The number of rotatable bonds is 4. The molecule has 1 atom stereocenters. The third-order valence-corrected chi connectivity index (χ3v) is 3.90. The molecule has 0 radical (unpaired) electrons. The Bertz CT molecular complexity index is 630. The Labute approximate surface area is 112 Å². The molecule has 0 fully saturated rings. The molecule has 1 aromatic carbocycles. The van der Waals surface area contributed by atoms with Crippen LogP contribution in [0.4, 0.5) is 0 Å². The molecule has 1 amide bonds. The van der Waals surface area contributed by atoms with E-state index in [1.54, 1.807) is 0 Å². The van der Waals surface area contributed by atoms with Crippen LogP contribution in [0.5, 0.6) is 0 Å². The molecule has 1 aromatic heterocycles. The van der Waals surface area contributed by atoms with Crippen LogP contribution in [-0.4, -0.2) is 23.5 Å². The molecule has 1 aliphatic carbocycles. The predicted octanol–water partition coefficient (Wildman–Crippen LogP) is 1.73. The van der Waals surface area contributed by atoms with E-state index in [2.05, 4.69) is 23.4 Å². The van der Waals surface area contributed by atoms with Crippen molar-refractivity contribution in [2.45, 2.75) is 32.2 Å². The lowest BCUT2D eigenvalue weighted by Gasteiger charge is -2.25. The zero-order valence-corrected chi connectivity index (χ0v) is 11.1. The first-order valence-electron chi connectivity index (χ1n) is 6.85. The van der Waals surface area contributed by atoms with Gasteiger partial charge in [-0.15, -0.1) is 0 Å². The fourth-order valence-corrected chi connectivity index (χ4v) is 3.05. The molecule has 4 nitrogen and oxygen atoms in total. The van der Waals surface area contributed by atoms with Crippen molar-refractivity contribution in [2.24, 2.45) is 5.73 Å². The molecule has 100 valence electrons. The van der Waals surface area contributed by atoms with Crippen LogP contribution in [0.15, 0.2) is 18.3 Å². The van der Waals surface area contributed by atoms with Gasteiger partial charge >= 0.3 is 0 Å². The van der Waals surface area contributed by atoms with Gasteiger partial charge < -0.3 is 16.0 Å². The number of aromatic nitrogens is 1. The fourth-order valence-electron chi connectivity index (χ4n) is 3.05. The van der Waals surface area contributed by atoms with Gasteiger partial charge in [-0.3, -0.25) is 4.79 Å². The van der Waals surface area contributed by atoms with E-state index in [0.717, 1.165) is 36.9 Å². The van der Waals surface area contributed by atoms with E-state index < -0.39 is 0 Å². The second kappa shape index (κ2) is 4.70. The molecule has 1 heterocycles. The number of H-pyrrole nitrogens is 1. The number of nitrogens with one attached hydrogen (secondary N) is 2. The number of hydrogen-bond donors (Lipinski definition) is 3. The quantitative estimate of drug-likeness (QED) is 0.780. The van der Waals surface area contributed by atoms with E-state index in [-0.39, 0.29) is 5.91 Å². The average molecular weight is 257 g/mol. The lowest BCUT2D eigenvalue weighted by atomic mass is 9.86. The second-order valence-corrected chi connectivity index (χ2v) is 5.25. The van der Waals surface area contributed by atoms with Gasteiger partial charge in [0.15, 0.2) is 0 Å². The van der Waals surface area contributed by atoms with Crippen molar-refractivity contribution >= 4 is 16.8 Å². The summed E-state index contributed by atoms with van der Waals surface area (Å²) in [6.07, 6.45) is 5.05. The number of hydrogen-bond acceptors (Lipinski definition) is 2. The summed E-state index contributed by atoms with van der Waals surface area (Å²) in [5.41, 5.74) is 9.65. The first-order valence-corrected chi connectivity index (χ1v) is 6.85. The summed E-state index contributed by atoms with van der Waals surface area (Å²) in [5.74, 6) is -0.333. The van der Waals surface area contributed by atoms with Gasteiger partial charge in [0.25, 0.3) is 0 Å². The van der Waals surface area contributed by atoms with Gasteiger partial charge in [-0.1, -0.05) is 6.92 Å². The number of aromatic amines is 1. The highest BCUT2D eigenvalue weighted by atomic mass is 16.1. The van der Waals surface area contributed by atoms with Crippen LogP contribution in [0, 0.1) is 0 Å². The molecule has 0 aliphatic heterocycles. The minimum Gasteiger partial charge on any atom is -0.366 e. The van der Waals surface area contributed by atoms with Gasteiger partial charge in [-0.2, -0.15) is 0 Å². The van der Waals surface area contributed by atoms with Crippen LogP contribution in [0.2, 0.25) is 0 Å². The minimum absolute atomic E-state index is 0.333. The standard InChI is InChI=1S/C15H19N3O/c1-2-5-17-10-6-9-8-18-13-4-3-11(15(16)19)12(7-10)14(9)13/h3-4,8,10,17-18H,2,5-7H2,1H3,(H2,16,19)/t10-/m0/s1. The van der Waals surface area contributed by atoms with E-state index in [0.29, 0.717) is 11.6 Å². The van der Waals surface area contributed by atoms with Crippen LogP contribution in [-0.2, 0) is 12.8 Å². The van der Waals surface area contributed by atoms with Crippen molar-refractivity contribution in [2.75, 3.05) is 6.54 Å². The van der Waals surface area contributed by atoms with E-state index in [9.17, 15) is 4.79 Å². The van der Waals surface area contributed by atoms with Crippen LogP contribution in [0.25, 0.3) is 10.9 Å². The molecule has 2 aromatic rings. The van der Waals surface area contributed by atoms with Crippen molar-refractivity contribution in [3.63, 3.8) is 0 Å². The normalized spacial score (nSPS) is 17.8. The second-order valence-electron chi connectivity index (χ2n) is 5.25. The topological polar surface area (TPSA) is 70.9 Å². The lowest BCUT2D eigenvalue weighted by molar-refractivity contribution is 0.0999. The Balaban J connectivity index is 2.06. The molecule has 0 spiro atoms. The van der Waals surface area contributed by atoms with Gasteiger partial charge in [-0.25, -0.2) is 0 Å². The molecule has 0 bridgehead atoms. The van der Waals surface area contributed by atoms with Crippen LogP contribution < -0.4 is 11.1 Å². The minimum atomic E-state index is -0.333. The van der Waals surface area contributed by atoms with Gasteiger partial charge in [0.1, 0.15) is 0 Å². The van der Waals surface area contributed by atoms with Crippen molar-refractivity contribution in [1.29, 1.82) is 0 Å². The van der Waals surface area contributed by atoms with Crippen LogP contribution in [0.1, 0.15) is 34.8 Å². The highest BCUT2D eigenvalue weighted by molar-refractivity contribution is 6.01. The van der Waals surface area contributed by atoms with E-state index in [1.807, 2.05) is 12.1 Å². The van der Waals surface area contributed by atoms with Gasteiger partial charge in [0.05, 0.1) is 0 Å². The average Bonchev–Trinajstić information content (AvgIpc) is 2.81. The van der Waals surface area contributed by atoms with Gasteiger partial charge in [0.2, 0.25) is 5.91 Å². The maximum atomic E-state index is 11.6. The van der Waals surface area contributed by atoms with Crippen molar-refractivity contribution in [1.82, 2.24) is 10.3 Å². The number of amides is 1. The maximum Gasteiger partial charge on any atom is 0.249 e. The molecular weight excluding hydrogens is 238 g/mol. The zero-order chi connectivity index (χ0) is 13.4. The Morgan fingerprint density at radius 2 is 2.32 bits per heavy atom. The summed E-state index contributed by atoms with van der Waals surface area (Å²) in [5, 5.41) is 4.74. The van der Waals surface area contributed by atoms with Crippen LogP contribution >= 0.6 is 0 Å². The third-order valence-electron chi connectivity index (χ3n) is 3.90. The Hall–Kier alpha value is -1.81. The summed E-state index contributed by atoms with van der Waals surface area (Å²) in [6, 6.07) is 4.18. The summed E-state index contributed by atoms with van der Waals surface area (Å²) in [4.78, 5) is 14.9. The summed E-state index contributed by atoms with van der Waals surface area (Å²) in [7, 11) is 0. The molecule has 0 saturated carbocycles. The van der Waals surface area contributed by atoms with E-state index in [1.165, 1.54) is 10.9 Å². The summed E-state index contributed by atoms with van der Waals surface area (Å²) < 4.78 is 0. The number of primary amides is 1. The molecule has 0 unspecified atom stereocenters. The SMILES string of the molecule is CCCN[C@H]1Cc2c[nH]c3ccc(C(N)=O)c(c23)C1. The monoisotopic (exact) mass is 257 g/mol. The van der Waals surface area contributed by atoms with Crippen molar-refractivity contribution < 1.29 is 4.79 Å². The fraction of sp³-hybridized carbons (Fsp3) is 0.400. The Morgan fingerprint density at radius 1 is 1.47 bits per heavy atom. The molecular formula is C15H19N3O. The highest BCUT2D eigenvalue weighted by Crippen LogP contribution is 2.32. The Morgan fingerprint density at radius 3 is 3.05 bits per heavy atom. The van der Waals surface area contributed by atoms with Crippen molar-refractivity contribution in [3.8, 4) is 0 Å². The number of carbonyl (C=O) groups excluding carboxylic acids is 1. The van der Waals surface area contributed by atoms with Gasteiger partial charge in [0, 0.05) is 28.7 Å². The molecule has 1 aliphatic rings. The number of nitrogens with two attached hydrogens (primary N) is 1. The summed E-state index contributed by atoms with van der Waals surface area (Å²) in [6.45, 7) is 3.17. The maximum absolute atomic E-state index is 11.6. The Kier molecular flexibility index (Phi) is 3.03.